The third kappa shape index (κ3) is 2.84. The molecule has 0 aromatic rings. The Bertz CT molecular complexity index is 91.8. The van der Waals surface area contributed by atoms with Gasteiger partial charge in [0.2, 0.25) is 0 Å². The van der Waals surface area contributed by atoms with Gasteiger partial charge in [0.1, 0.15) is 0 Å². The minimum atomic E-state index is 0. The maximum Gasteiger partial charge on any atom is 0.0933 e. The van der Waals surface area contributed by atoms with Crippen molar-refractivity contribution in [2.45, 2.75) is 19.1 Å². The molecule has 10 heavy (non-hydrogen) atoms. The zero-order valence-electron chi connectivity index (χ0n) is 6.04. The van der Waals surface area contributed by atoms with Crippen LogP contribution in [-0.4, -0.2) is 37.0 Å². The number of morpholine rings is 1. The van der Waals surface area contributed by atoms with E-state index in [1.807, 2.05) is 6.92 Å². The molecule has 0 aliphatic carbocycles. The van der Waals surface area contributed by atoms with Gasteiger partial charge in [0.15, 0.2) is 0 Å². The van der Waals surface area contributed by atoms with E-state index < -0.39 is 0 Å². The Labute approximate surface area is 67.2 Å². The van der Waals surface area contributed by atoms with Crippen molar-refractivity contribution in [1.82, 2.24) is 5.32 Å². The molecule has 1 fully saturated rings. The number of aliphatic hydroxyl groups is 1. The Morgan fingerprint density at radius 3 is 2.70 bits per heavy atom. The highest BCUT2D eigenvalue weighted by Crippen LogP contribution is 2.00. The zero-order valence-corrected chi connectivity index (χ0v) is 6.86. The van der Waals surface area contributed by atoms with Gasteiger partial charge in [-0.15, -0.1) is 12.4 Å². The van der Waals surface area contributed by atoms with Gasteiger partial charge in [0.25, 0.3) is 0 Å². The van der Waals surface area contributed by atoms with Gasteiger partial charge in [-0.05, 0) is 6.92 Å². The first-order valence-electron chi connectivity index (χ1n) is 3.30. The lowest BCUT2D eigenvalue weighted by molar-refractivity contribution is -0.0518. The van der Waals surface area contributed by atoms with Crippen molar-refractivity contribution in [3.05, 3.63) is 0 Å². The molecule has 2 unspecified atom stereocenters. The van der Waals surface area contributed by atoms with Crippen LogP contribution in [0.5, 0.6) is 0 Å². The summed E-state index contributed by atoms with van der Waals surface area (Å²) >= 11 is 0. The lowest BCUT2D eigenvalue weighted by atomic mass is 10.3. The third-order valence-corrected chi connectivity index (χ3v) is 1.43. The van der Waals surface area contributed by atoms with E-state index in [1.165, 1.54) is 0 Å². The highest BCUT2D eigenvalue weighted by Gasteiger charge is 2.16. The lowest BCUT2D eigenvalue weighted by Gasteiger charge is -2.27. The maximum absolute atomic E-state index is 8.64. The molecule has 4 heteroatoms. The van der Waals surface area contributed by atoms with Crippen LogP contribution in [0.3, 0.4) is 0 Å². The number of hydrogen-bond acceptors (Lipinski definition) is 3. The summed E-state index contributed by atoms with van der Waals surface area (Å²) in [5.41, 5.74) is 0. The average molecular weight is 168 g/mol. The Kier molecular flexibility index (Phi) is 4.99. The van der Waals surface area contributed by atoms with Crippen LogP contribution in [0, 0.1) is 0 Å². The third-order valence-electron chi connectivity index (χ3n) is 1.43. The van der Waals surface area contributed by atoms with Gasteiger partial charge in [0, 0.05) is 13.1 Å². The van der Waals surface area contributed by atoms with E-state index in [0.717, 1.165) is 13.1 Å². The van der Waals surface area contributed by atoms with E-state index in [0.29, 0.717) is 0 Å². The Balaban J connectivity index is 0.000000810. The summed E-state index contributed by atoms with van der Waals surface area (Å²) in [4.78, 5) is 0. The second kappa shape index (κ2) is 4.91. The first-order valence-corrected chi connectivity index (χ1v) is 3.30. The quantitative estimate of drug-likeness (QED) is 0.568. The molecule has 0 radical (unpaired) electrons. The molecule has 0 amide bonds. The second-order valence-corrected chi connectivity index (χ2v) is 2.41. The van der Waals surface area contributed by atoms with E-state index in [2.05, 4.69) is 5.32 Å². The van der Waals surface area contributed by atoms with Gasteiger partial charge in [-0.3, -0.25) is 0 Å². The molecular formula is C6H14ClNO2. The number of rotatable bonds is 1. The molecule has 1 saturated heterocycles. The average Bonchev–Trinajstić information content (AvgIpc) is 1.88. The monoisotopic (exact) mass is 167 g/mol. The van der Waals surface area contributed by atoms with Crippen molar-refractivity contribution in [2.75, 3.05) is 19.7 Å². The summed E-state index contributed by atoms with van der Waals surface area (Å²) in [6.07, 6.45) is 0.254. The van der Waals surface area contributed by atoms with Crippen LogP contribution in [0.25, 0.3) is 0 Å². The molecule has 1 rings (SSSR count). The molecule has 2 N–H and O–H groups in total. The number of hydrogen-bond donors (Lipinski definition) is 2. The number of ether oxygens (including phenoxy) is 1. The molecule has 1 heterocycles. The largest absolute Gasteiger partial charge is 0.394 e. The van der Waals surface area contributed by atoms with Crippen LogP contribution >= 0.6 is 12.4 Å². The van der Waals surface area contributed by atoms with Gasteiger partial charge in [-0.2, -0.15) is 0 Å². The van der Waals surface area contributed by atoms with Crippen LogP contribution in [0.15, 0.2) is 0 Å². The topological polar surface area (TPSA) is 41.5 Å². The van der Waals surface area contributed by atoms with E-state index >= 15 is 0 Å². The first kappa shape index (κ1) is 10.2. The van der Waals surface area contributed by atoms with E-state index in [4.69, 9.17) is 9.84 Å². The van der Waals surface area contributed by atoms with Crippen molar-refractivity contribution in [2.24, 2.45) is 0 Å². The molecule has 0 saturated carbocycles. The predicted molar refractivity (Wildman–Crippen MR) is 41.5 cm³/mol. The summed E-state index contributed by atoms with van der Waals surface area (Å²) < 4.78 is 5.32. The molecule has 3 nitrogen and oxygen atoms in total. The van der Waals surface area contributed by atoms with E-state index in [1.54, 1.807) is 0 Å². The molecular weight excluding hydrogens is 154 g/mol. The highest BCUT2D eigenvalue weighted by molar-refractivity contribution is 5.85. The van der Waals surface area contributed by atoms with Crippen molar-refractivity contribution in [3.63, 3.8) is 0 Å². The van der Waals surface area contributed by atoms with E-state index in [9.17, 15) is 0 Å². The standard InChI is InChI=1S/C6H13NO2.ClH/c1-5-2-7-3-6(4-8)9-5;/h5-8H,2-4H2,1H3;1H. The number of nitrogens with one attached hydrogen (secondary N) is 1. The first-order chi connectivity index (χ1) is 4.33. The highest BCUT2D eigenvalue weighted by atomic mass is 35.5. The van der Waals surface area contributed by atoms with Gasteiger partial charge in [0.05, 0.1) is 18.8 Å². The van der Waals surface area contributed by atoms with Gasteiger partial charge < -0.3 is 15.2 Å². The molecule has 1 aliphatic heterocycles. The fourth-order valence-electron chi connectivity index (χ4n) is 0.980. The maximum atomic E-state index is 8.64. The van der Waals surface area contributed by atoms with Gasteiger partial charge in [-0.25, -0.2) is 0 Å². The fourth-order valence-corrected chi connectivity index (χ4v) is 0.980. The molecule has 1 aliphatic rings. The summed E-state index contributed by atoms with van der Waals surface area (Å²) in [5.74, 6) is 0. The van der Waals surface area contributed by atoms with Gasteiger partial charge in [-0.1, -0.05) is 0 Å². The number of aliphatic hydroxyl groups excluding tert-OH is 1. The lowest BCUT2D eigenvalue weighted by Crippen LogP contribution is -2.44. The van der Waals surface area contributed by atoms with Crippen LogP contribution in [0.4, 0.5) is 0 Å². The van der Waals surface area contributed by atoms with Crippen molar-refractivity contribution in [3.8, 4) is 0 Å². The molecule has 0 aromatic heterocycles. The second-order valence-electron chi connectivity index (χ2n) is 2.41. The molecule has 0 spiro atoms. The van der Waals surface area contributed by atoms with Crippen molar-refractivity contribution in [1.29, 1.82) is 0 Å². The SMILES string of the molecule is CC1CNCC(CO)O1.Cl. The van der Waals surface area contributed by atoms with Crippen LogP contribution in [-0.2, 0) is 4.74 Å². The fraction of sp³-hybridized carbons (Fsp3) is 1.00. The molecule has 0 bridgehead atoms. The normalized spacial score (nSPS) is 33.0. The summed E-state index contributed by atoms with van der Waals surface area (Å²) in [7, 11) is 0. The molecule has 62 valence electrons. The Hall–Kier alpha value is 0.170. The van der Waals surface area contributed by atoms with Gasteiger partial charge >= 0.3 is 0 Å². The van der Waals surface area contributed by atoms with Crippen molar-refractivity contribution >= 4 is 12.4 Å². The van der Waals surface area contributed by atoms with E-state index in [-0.39, 0.29) is 31.2 Å². The Morgan fingerprint density at radius 1 is 1.60 bits per heavy atom. The summed E-state index contributed by atoms with van der Waals surface area (Å²) in [6, 6.07) is 0. The van der Waals surface area contributed by atoms with Crippen LogP contribution < -0.4 is 5.32 Å². The summed E-state index contributed by atoms with van der Waals surface area (Å²) in [6.45, 7) is 3.80. The number of halogens is 1. The minimum Gasteiger partial charge on any atom is -0.394 e. The summed E-state index contributed by atoms with van der Waals surface area (Å²) in [5, 5.41) is 11.8. The minimum absolute atomic E-state index is 0. The zero-order chi connectivity index (χ0) is 6.69. The smallest absolute Gasteiger partial charge is 0.0933 e. The predicted octanol–water partition coefficient (Wildman–Crippen LogP) is -0.223. The molecule has 0 aromatic carbocycles. The van der Waals surface area contributed by atoms with Crippen LogP contribution in [0.1, 0.15) is 6.92 Å². The molecule has 2 atom stereocenters. The van der Waals surface area contributed by atoms with Crippen LogP contribution in [0.2, 0.25) is 0 Å². The Morgan fingerprint density at radius 2 is 2.30 bits per heavy atom. The van der Waals surface area contributed by atoms with Crippen molar-refractivity contribution < 1.29 is 9.84 Å².